The maximum Gasteiger partial charge on any atom is 0.295 e. The van der Waals surface area contributed by atoms with Crippen molar-refractivity contribution in [3.8, 4) is 5.75 Å². The largest absolute Gasteiger partial charge is 0.493 e. The van der Waals surface area contributed by atoms with Gasteiger partial charge in [0.25, 0.3) is 16.8 Å². The fourth-order valence-electron chi connectivity index (χ4n) is 2.56. The third-order valence-electron chi connectivity index (χ3n) is 3.88. The van der Waals surface area contributed by atoms with Crippen LogP contribution in [0.5, 0.6) is 5.75 Å². The molecule has 1 heterocycles. The second kappa shape index (κ2) is 8.57. The number of para-hydroxylation sites is 1. The Morgan fingerprint density at radius 1 is 1.21 bits per heavy atom. The Morgan fingerprint density at radius 2 is 2.00 bits per heavy atom. The molecule has 2 aromatic rings. The van der Waals surface area contributed by atoms with Crippen LogP contribution in [0.3, 0.4) is 0 Å². The van der Waals surface area contributed by atoms with Crippen molar-refractivity contribution in [3.63, 3.8) is 0 Å². The fraction of sp³-hybridized carbons (Fsp3) is 0.158. The van der Waals surface area contributed by atoms with Crippen LogP contribution in [-0.2, 0) is 4.79 Å². The number of rotatable bonds is 7. The Balaban J connectivity index is 1.74. The summed E-state index contributed by atoms with van der Waals surface area (Å²) in [6.07, 6.45) is 1.63. The highest BCUT2D eigenvalue weighted by molar-refractivity contribution is 8.18. The molecule has 144 valence electrons. The van der Waals surface area contributed by atoms with Crippen LogP contribution in [0.25, 0.3) is 6.08 Å². The monoisotopic (exact) mass is 399 g/mol. The zero-order valence-corrected chi connectivity index (χ0v) is 15.8. The van der Waals surface area contributed by atoms with E-state index in [0.717, 1.165) is 16.7 Å². The first kappa shape index (κ1) is 19.4. The lowest BCUT2D eigenvalue weighted by molar-refractivity contribution is -0.384. The van der Waals surface area contributed by atoms with Gasteiger partial charge in [-0.1, -0.05) is 24.3 Å². The minimum atomic E-state index is -0.510. The summed E-state index contributed by atoms with van der Waals surface area (Å²) in [5.74, 6) is 0.200. The summed E-state index contributed by atoms with van der Waals surface area (Å²) in [7, 11) is 0. The quantitative estimate of drug-likeness (QED) is 0.425. The van der Waals surface area contributed by atoms with Gasteiger partial charge in [0.2, 0.25) is 0 Å². The lowest BCUT2D eigenvalue weighted by Gasteiger charge is -2.14. The average Bonchev–Trinajstić information content (AvgIpc) is 2.95. The predicted octanol–water partition coefficient (Wildman–Crippen LogP) is 4.10. The van der Waals surface area contributed by atoms with Crippen LogP contribution in [0.4, 0.5) is 16.2 Å². The first-order chi connectivity index (χ1) is 13.5. The van der Waals surface area contributed by atoms with E-state index in [2.05, 4.69) is 5.32 Å². The van der Waals surface area contributed by atoms with Gasteiger partial charge in [0.15, 0.2) is 0 Å². The van der Waals surface area contributed by atoms with E-state index in [1.54, 1.807) is 24.3 Å². The van der Waals surface area contributed by atoms with Crippen molar-refractivity contribution >= 4 is 40.4 Å². The third-order valence-corrected chi connectivity index (χ3v) is 4.78. The number of amides is 2. The van der Waals surface area contributed by atoms with Crippen LogP contribution in [0.1, 0.15) is 12.5 Å². The molecular weight excluding hydrogens is 382 g/mol. The molecule has 8 nitrogen and oxygen atoms in total. The van der Waals surface area contributed by atoms with Crippen molar-refractivity contribution in [2.24, 2.45) is 0 Å². The molecule has 0 radical (unpaired) electrons. The Morgan fingerprint density at radius 3 is 2.75 bits per heavy atom. The lowest BCUT2D eigenvalue weighted by atomic mass is 10.2. The van der Waals surface area contributed by atoms with Gasteiger partial charge in [0.05, 0.1) is 23.1 Å². The maximum absolute atomic E-state index is 12.6. The third kappa shape index (κ3) is 4.32. The van der Waals surface area contributed by atoms with Crippen LogP contribution < -0.4 is 10.1 Å². The molecule has 0 unspecified atom stereocenters. The van der Waals surface area contributed by atoms with Crippen LogP contribution in [0.15, 0.2) is 53.4 Å². The second-order valence-electron chi connectivity index (χ2n) is 5.72. The summed E-state index contributed by atoms with van der Waals surface area (Å²) in [5.41, 5.74) is 1.08. The number of carbonyl (C=O) groups is 2. The van der Waals surface area contributed by atoms with Crippen LogP contribution in [-0.4, -0.2) is 34.2 Å². The maximum atomic E-state index is 12.6. The Hall–Kier alpha value is -3.33. The van der Waals surface area contributed by atoms with E-state index in [4.69, 9.17) is 4.74 Å². The first-order valence-corrected chi connectivity index (χ1v) is 9.26. The minimum Gasteiger partial charge on any atom is -0.493 e. The van der Waals surface area contributed by atoms with E-state index in [0.29, 0.717) is 23.6 Å². The number of anilines is 1. The number of nitro benzene ring substituents is 1. The number of hydrogen-bond donors (Lipinski definition) is 1. The van der Waals surface area contributed by atoms with Crippen molar-refractivity contribution < 1.29 is 19.2 Å². The van der Waals surface area contributed by atoms with Gasteiger partial charge in [-0.3, -0.25) is 24.6 Å². The van der Waals surface area contributed by atoms with Gasteiger partial charge in [-0.2, -0.15) is 0 Å². The number of benzene rings is 2. The SMILES string of the molecule is CCOc1ccccc1/C=C1/SC(=O)N(CNc2cccc([N+](=O)[O-])c2)C1=O. The number of nitrogens with one attached hydrogen (secondary N) is 1. The average molecular weight is 399 g/mol. The van der Waals surface area contributed by atoms with E-state index in [9.17, 15) is 19.7 Å². The molecule has 0 atom stereocenters. The summed E-state index contributed by atoms with van der Waals surface area (Å²) in [6.45, 7) is 2.26. The predicted molar refractivity (Wildman–Crippen MR) is 107 cm³/mol. The molecule has 0 aliphatic carbocycles. The topological polar surface area (TPSA) is 102 Å². The number of ether oxygens (including phenoxy) is 1. The van der Waals surface area contributed by atoms with Crippen molar-refractivity contribution in [1.82, 2.24) is 4.90 Å². The lowest BCUT2D eigenvalue weighted by Crippen LogP contribution is -2.33. The molecule has 1 aliphatic heterocycles. The molecule has 0 bridgehead atoms. The van der Waals surface area contributed by atoms with Crippen molar-refractivity contribution in [2.75, 3.05) is 18.6 Å². The molecule has 9 heteroatoms. The van der Waals surface area contributed by atoms with Crippen LogP contribution in [0.2, 0.25) is 0 Å². The highest BCUT2D eigenvalue weighted by atomic mass is 32.2. The summed E-state index contributed by atoms with van der Waals surface area (Å²) >= 11 is 0.841. The Labute approximate surface area is 165 Å². The molecule has 28 heavy (non-hydrogen) atoms. The summed E-state index contributed by atoms with van der Waals surface area (Å²) in [5, 5.41) is 13.3. The van der Waals surface area contributed by atoms with Crippen LogP contribution >= 0.6 is 11.8 Å². The molecule has 0 saturated carbocycles. The minimum absolute atomic E-state index is 0.0773. The molecule has 1 saturated heterocycles. The molecule has 0 aromatic heterocycles. The number of carbonyl (C=O) groups excluding carboxylic acids is 2. The van der Waals surface area contributed by atoms with Crippen molar-refractivity contribution in [1.29, 1.82) is 0 Å². The Bertz CT molecular complexity index is 960. The first-order valence-electron chi connectivity index (χ1n) is 8.45. The molecule has 2 aromatic carbocycles. The van der Waals surface area contributed by atoms with Gasteiger partial charge in [-0.05, 0) is 36.9 Å². The van der Waals surface area contributed by atoms with Gasteiger partial charge >= 0.3 is 0 Å². The van der Waals surface area contributed by atoms with E-state index in [1.165, 1.54) is 18.2 Å². The fourth-order valence-corrected chi connectivity index (χ4v) is 3.39. The van der Waals surface area contributed by atoms with E-state index in [1.807, 2.05) is 19.1 Å². The van der Waals surface area contributed by atoms with Gasteiger partial charge in [0.1, 0.15) is 5.75 Å². The molecule has 1 fully saturated rings. The highest BCUT2D eigenvalue weighted by Gasteiger charge is 2.35. The highest BCUT2D eigenvalue weighted by Crippen LogP contribution is 2.34. The summed E-state index contributed by atoms with van der Waals surface area (Å²) < 4.78 is 5.54. The molecule has 3 rings (SSSR count). The number of imide groups is 1. The van der Waals surface area contributed by atoms with Gasteiger partial charge < -0.3 is 10.1 Å². The summed E-state index contributed by atoms with van der Waals surface area (Å²) in [6, 6.07) is 13.1. The number of hydrogen-bond acceptors (Lipinski definition) is 7. The van der Waals surface area contributed by atoms with E-state index in [-0.39, 0.29) is 17.3 Å². The number of thioether (sulfide) groups is 1. The molecule has 1 N–H and O–H groups in total. The standard InChI is InChI=1S/C19H17N3O5S/c1-2-27-16-9-4-3-6-13(16)10-17-18(23)21(19(24)28-17)12-20-14-7-5-8-15(11-14)22(25)26/h3-11,20H,2,12H2,1H3/b17-10+. The zero-order chi connectivity index (χ0) is 20.1. The zero-order valence-electron chi connectivity index (χ0n) is 15.0. The van der Waals surface area contributed by atoms with Gasteiger partial charge in [0, 0.05) is 23.4 Å². The normalized spacial score (nSPS) is 15.2. The van der Waals surface area contributed by atoms with Crippen molar-refractivity contribution in [3.05, 3.63) is 69.1 Å². The molecule has 1 aliphatic rings. The van der Waals surface area contributed by atoms with E-state index < -0.39 is 16.1 Å². The molecule has 2 amide bonds. The van der Waals surface area contributed by atoms with E-state index >= 15 is 0 Å². The molecular formula is C19H17N3O5S. The van der Waals surface area contributed by atoms with Crippen molar-refractivity contribution in [2.45, 2.75) is 6.92 Å². The Kier molecular flexibility index (Phi) is 5.95. The second-order valence-corrected chi connectivity index (χ2v) is 6.72. The van der Waals surface area contributed by atoms with Gasteiger partial charge in [-0.15, -0.1) is 0 Å². The number of nitro groups is 1. The van der Waals surface area contributed by atoms with Crippen LogP contribution in [0, 0.1) is 10.1 Å². The molecule has 0 spiro atoms. The number of nitrogens with zero attached hydrogens (tertiary/aromatic N) is 2. The van der Waals surface area contributed by atoms with Gasteiger partial charge in [-0.25, -0.2) is 0 Å². The number of non-ortho nitro benzene ring substituents is 1. The summed E-state index contributed by atoms with van der Waals surface area (Å²) in [4.78, 5) is 36.5. The smallest absolute Gasteiger partial charge is 0.295 e.